The second-order valence-electron chi connectivity index (χ2n) is 6.95. The van der Waals surface area contributed by atoms with Crippen LogP contribution >= 0.6 is 0 Å². The number of nitrogens with one attached hydrogen (secondary N) is 3. The molecule has 1 aliphatic heterocycles. The van der Waals surface area contributed by atoms with E-state index in [4.69, 9.17) is 0 Å². The van der Waals surface area contributed by atoms with Crippen LogP contribution in [0.5, 0.6) is 0 Å². The minimum atomic E-state index is -0.506. The van der Waals surface area contributed by atoms with Crippen molar-refractivity contribution in [3.63, 3.8) is 0 Å². The molecule has 148 valence electrons. The van der Waals surface area contributed by atoms with Gasteiger partial charge in [0.1, 0.15) is 0 Å². The van der Waals surface area contributed by atoms with Gasteiger partial charge in [0.15, 0.2) is 0 Å². The maximum absolute atomic E-state index is 12.4. The van der Waals surface area contributed by atoms with Crippen LogP contribution in [0, 0.1) is 0 Å². The van der Waals surface area contributed by atoms with Gasteiger partial charge in [-0.25, -0.2) is 0 Å². The molecule has 1 fully saturated rings. The zero-order valence-corrected chi connectivity index (χ0v) is 16.0. The Morgan fingerprint density at radius 2 is 1.86 bits per heavy atom. The van der Waals surface area contributed by atoms with E-state index < -0.39 is 6.04 Å². The van der Waals surface area contributed by atoms with Crippen molar-refractivity contribution in [1.29, 1.82) is 0 Å². The highest BCUT2D eigenvalue weighted by Crippen LogP contribution is 2.22. The Hall–Kier alpha value is -2.93. The van der Waals surface area contributed by atoms with E-state index in [1.54, 1.807) is 0 Å². The fourth-order valence-electron chi connectivity index (χ4n) is 3.51. The fraction of sp³-hybridized carbons (Fsp3) is 0.381. The van der Waals surface area contributed by atoms with E-state index in [0.29, 0.717) is 32.7 Å². The zero-order valence-electron chi connectivity index (χ0n) is 16.0. The number of hydrogen-bond donors (Lipinski definition) is 3. The van der Waals surface area contributed by atoms with Crippen molar-refractivity contribution in [3.8, 4) is 0 Å². The van der Waals surface area contributed by atoms with Crippen molar-refractivity contribution < 1.29 is 14.4 Å². The number of rotatable bonds is 7. The van der Waals surface area contributed by atoms with Crippen LogP contribution in [0.15, 0.2) is 42.5 Å². The van der Waals surface area contributed by atoms with Gasteiger partial charge < -0.3 is 16.0 Å². The lowest BCUT2D eigenvalue weighted by atomic mass is 10.0. The molecule has 3 N–H and O–H groups in total. The molecule has 2 aromatic carbocycles. The predicted molar refractivity (Wildman–Crippen MR) is 107 cm³/mol. The normalized spacial score (nSPS) is 17.2. The van der Waals surface area contributed by atoms with Gasteiger partial charge in [-0.2, -0.15) is 0 Å². The topological polar surface area (TPSA) is 90.5 Å². The Kier molecular flexibility index (Phi) is 6.60. The van der Waals surface area contributed by atoms with E-state index in [1.807, 2.05) is 18.2 Å². The summed E-state index contributed by atoms with van der Waals surface area (Å²) >= 11 is 0. The molecule has 0 radical (unpaired) electrons. The highest BCUT2D eigenvalue weighted by atomic mass is 16.2. The van der Waals surface area contributed by atoms with E-state index in [1.165, 1.54) is 6.92 Å². The van der Waals surface area contributed by atoms with E-state index >= 15 is 0 Å². The van der Waals surface area contributed by atoms with E-state index in [-0.39, 0.29) is 24.1 Å². The van der Waals surface area contributed by atoms with Crippen molar-refractivity contribution >= 4 is 28.5 Å². The lowest BCUT2D eigenvalue weighted by Crippen LogP contribution is -2.56. The summed E-state index contributed by atoms with van der Waals surface area (Å²) in [6, 6.07) is 13.8. The molecule has 0 bridgehead atoms. The molecule has 0 aliphatic carbocycles. The summed E-state index contributed by atoms with van der Waals surface area (Å²) in [5.41, 5.74) is 1.14. The number of amides is 3. The second-order valence-corrected chi connectivity index (χ2v) is 6.95. The number of hydrogen-bond acceptors (Lipinski definition) is 4. The van der Waals surface area contributed by atoms with Crippen LogP contribution < -0.4 is 16.0 Å². The lowest BCUT2D eigenvalue weighted by molar-refractivity contribution is -0.134. The minimum absolute atomic E-state index is 0.0939. The quantitative estimate of drug-likeness (QED) is 0.618. The van der Waals surface area contributed by atoms with Gasteiger partial charge in [0.2, 0.25) is 17.7 Å². The molecule has 1 aliphatic rings. The van der Waals surface area contributed by atoms with Crippen LogP contribution in [0.4, 0.5) is 0 Å². The molecule has 1 atom stereocenters. The Morgan fingerprint density at radius 1 is 1.11 bits per heavy atom. The molecule has 0 saturated carbocycles. The molecule has 28 heavy (non-hydrogen) atoms. The van der Waals surface area contributed by atoms with Crippen LogP contribution in [0.1, 0.15) is 18.9 Å². The maximum atomic E-state index is 12.4. The summed E-state index contributed by atoms with van der Waals surface area (Å²) < 4.78 is 0. The summed E-state index contributed by atoms with van der Waals surface area (Å²) in [6.45, 7) is 4.02. The average Bonchev–Trinajstić information content (AvgIpc) is 2.68. The number of carbonyl (C=O) groups is 3. The largest absolute Gasteiger partial charge is 0.355 e. The maximum Gasteiger partial charge on any atom is 0.237 e. The van der Waals surface area contributed by atoms with E-state index in [0.717, 1.165) is 16.3 Å². The minimum Gasteiger partial charge on any atom is -0.355 e. The molecule has 3 amide bonds. The van der Waals surface area contributed by atoms with Gasteiger partial charge in [-0.05, 0) is 16.3 Å². The second kappa shape index (κ2) is 9.32. The van der Waals surface area contributed by atoms with Gasteiger partial charge in [-0.3, -0.25) is 19.3 Å². The molecule has 2 aromatic rings. The van der Waals surface area contributed by atoms with Crippen LogP contribution in [-0.2, 0) is 20.9 Å². The highest BCUT2D eigenvalue weighted by Gasteiger charge is 2.31. The van der Waals surface area contributed by atoms with Crippen LogP contribution in [0.2, 0.25) is 0 Å². The number of benzene rings is 2. The zero-order chi connectivity index (χ0) is 19.9. The van der Waals surface area contributed by atoms with Gasteiger partial charge in [0.25, 0.3) is 0 Å². The van der Waals surface area contributed by atoms with Crippen LogP contribution in [-0.4, -0.2) is 54.8 Å². The number of carbonyl (C=O) groups excluding carboxylic acids is 3. The van der Waals surface area contributed by atoms with Crippen LogP contribution in [0.3, 0.4) is 0 Å². The lowest BCUT2D eigenvalue weighted by Gasteiger charge is -2.35. The number of piperazine rings is 1. The Balaban J connectivity index is 1.66. The molecule has 3 rings (SSSR count). The van der Waals surface area contributed by atoms with Crippen molar-refractivity contribution in [2.75, 3.05) is 26.2 Å². The standard InChI is InChI=1S/C21H26N4O3/c1-15(26)22-9-10-23-20(27)13-19-21(28)24-11-12-25(19)14-17-7-4-6-16-5-2-3-8-18(16)17/h2-8,19H,9-14H2,1H3,(H,22,26)(H,23,27)(H,24,28). The fourth-order valence-corrected chi connectivity index (χ4v) is 3.51. The first-order valence-corrected chi connectivity index (χ1v) is 9.54. The Bertz CT molecular complexity index is 862. The molecular weight excluding hydrogens is 356 g/mol. The third kappa shape index (κ3) is 5.07. The number of nitrogens with zero attached hydrogens (tertiary/aromatic N) is 1. The van der Waals surface area contributed by atoms with Crippen molar-refractivity contribution in [3.05, 3.63) is 48.0 Å². The summed E-state index contributed by atoms with van der Waals surface area (Å²) in [5, 5.41) is 10.6. The molecule has 1 unspecified atom stereocenters. The molecule has 0 spiro atoms. The summed E-state index contributed by atoms with van der Waals surface area (Å²) in [7, 11) is 0. The van der Waals surface area contributed by atoms with Gasteiger partial charge >= 0.3 is 0 Å². The van der Waals surface area contributed by atoms with Crippen molar-refractivity contribution in [2.45, 2.75) is 25.9 Å². The Morgan fingerprint density at radius 3 is 2.68 bits per heavy atom. The van der Waals surface area contributed by atoms with Crippen molar-refractivity contribution in [2.24, 2.45) is 0 Å². The highest BCUT2D eigenvalue weighted by molar-refractivity contribution is 5.89. The summed E-state index contributed by atoms with van der Waals surface area (Å²) in [6.07, 6.45) is 0.0939. The van der Waals surface area contributed by atoms with Crippen molar-refractivity contribution in [1.82, 2.24) is 20.9 Å². The summed E-state index contributed by atoms with van der Waals surface area (Å²) in [5.74, 6) is -0.457. The van der Waals surface area contributed by atoms with Gasteiger partial charge in [0, 0.05) is 39.6 Å². The first-order chi connectivity index (χ1) is 13.5. The third-order valence-corrected chi connectivity index (χ3v) is 4.89. The SMILES string of the molecule is CC(=O)NCCNC(=O)CC1C(=O)NCCN1Cc1cccc2ccccc12. The Labute approximate surface area is 164 Å². The molecule has 1 saturated heterocycles. The molecule has 7 heteroatoms. The molecular formula is C21H26N4O3. The van der Waals surface area contributed by atoms with E-state index in [2.05, 4.69) is 45.1 Å². The van der Waals surface area contributed by atoms with E-state index in [9.17, 15) is 14.4 Å². The smallest absolute Gasteiger partial charge is 0.237 e. The third-order valence-electron chi connectivity index (χ3n) is 4.89. The molecule has 7 nitrogen and oxygen atoms in total. The predicted octanol–water partition coefficient (Wildman–Crippen LogP) is 0.783. The summed E-state index contributed by atoms with van der Waals surface area (Å²) in [4.78, 5) is 37.6. The monoisotopic (exact) mass is 382 g/mol. The molecule has 0 aromatic heterocycles. The average molecular weight is 382 g/mol. The van der Waals surface area contributed by atoms with Gasteiger partial charge in [0.05, 0.1) is 12.5 Å². The van der Waals surface area contributed by atoms with Gasteiger partial charge in [-0.15, -0.1) is 0 Å². The first kappa shape index (κ1) is 19.8. The van der Waals surface area contributed by atoms with Crippen LogP contribution in [0.25, 0.3) is 10.8 Å². The van der Waals surface area contributed by atoms with Gasteiger partial charge in [-0.1, -0.05) is 42.5 Å². The number of fused-ring (bicyclic) bond motifs is 1. The first-order valence-electron chi connectivity index (χ1n) is 9.54. The molecule has 1 heterocycles.